The molecule has 2 amide bonds. The number of rotatable bonds is 10. The summed E-state index contributed by atoms with van der Waals surface area (Å²) in [6.45, 7) is 4.29. The molecule has 142 valence electrons. The lowest BCUT2D eigenvalue weighted by molar-refractivity contribution is -0.132. The van der Waals surface area contributed by atoms with E-state index in [0.717, 1.165) is 11.3 Å². The minimum absolute atomic E-state index is 0.0754. The highest BCUT2D eigenvalue weighted by atomic mass is 16.5. The van der Waals surface area contributed by atoms with E-state index in [9.17, 15) is 9.59 Å². The maximum absolute atomic E-state index is 12.2. The van der Waals surface area contributed by atoms with Crippen molar-refractivity contribution in [1.82, 2.24) is 10.2 Å². The van der Waals surface area contributed by atoms with E-state index in [1.54, 1.807) is 30.2 Å². The van der Waals surface area contributed by atoms with Gasteiger partial charge in [0.1, 0.15) is 18.1 Å². The fourth-order valence-corrected chi connectivity index (χ4v) is 2.23. The molecule has 6 nitrogen and oxygen atoms in total. The molecule has 0 saturated carbocycles. The first-order valence-electron chi connectivity index (χ1n) is 8.59. The summed E-state index contributed by atoms with van der Waals surface area (Å²) >= 11 is 0. The van der Waals surface area contributed by atoms with Crippen LogP contribution in [0.3, 0.4) is 0 Å². The van der Waals surface area contributed by atoms with Crippen LogP contribution in [0.15, 0.2) is 67.3 Å². The zero-order valence-corrected chi connectivity index (χ0v) is 15.4. The van der Waals surface area contributed by atoms with Gasteiger partial charge >= 0.3 is 0 Å². The molecule has 2 rings (SSSR count). The molecule has 2 aromatic carbocycles. The third-order valence-electron chi connectivity index (χ3n) is 3.69. The van der Waals surface area contributed by atoms with Gasteiger partial charge in [-0.25, -0.2) is 0 Å². The van der Waals surface area contributed by atoms with Gasteiger partial charge in [0.05, 0.1) is 6.54 Å². The van der Waals surface area contributed by atoms with E-state index in [1.165, 1.54) is 0 Å². The number of nitrogens with zero attached hydrogens (tertiary/aromatic N) is 1. The molecule has 0 atom stereocenters. The number of likely N-dealkylation sites (N-methyl/N-ethyl adjacent to an activating group) is 1. The molecule has 0 aliphatic carbocycles. The van der Waals surface area contributed by atoms with Crippen LogP contribution in [-0.4, -0.2) is 43.5 Å². The van der Waals surface area contributed by atoms with Crippen molar-refractivity contribution in [1.29, 1.82) is 0 Å². The van der Waals surface area contributed by atoms with Crippen LogP contribution in [0.5, 0.6) is 11.5 Å². The Kier molecular flexibility index (Phi) is 7.91. The fraction of sp³-hybridized carbons (Fsp3) is 0.238. The third kappa shape index (κ3) is 7.23. The molecule has 0 aliphatic rings. The minimum atomic E-state index is -0.343. The van der Waals surface area contributed by atoms with Gasteiger partial charge in [0.15, 0.2) is 6.61 Å². The summed E-state index contributed by atoms with van der Waals surface area (Å²) in [5.74, 6) is 0.828. The predicted octanol–water partition coefficient (Wildman–Crippen LogP) is 2.41. The first kappa shape index (κ1) is 20.0. The van der Waals surface area contributed by atoms with Gasteiger partial charge in [-0.2, -0.15) is 0 Å². The van der Waals surface area contributed by atoms with E-state index in [0.29, 0.717) is 18.9 Å². The van der Waals surface area contributed by atoms with Gasteiger partial charge in [0.25, 0.3) is 5.91 Å². The SMILES string of the molecule is C=CCOc1ccc(CN(C)C(=O)CNC(=O)COc2ccccc2)cc1. The average Bonchev–Trinajstić information content (AvgIpc) is 2.70. The second-order valence-corrected chi connectivity index (χ2v) is 5.87. The number of nitrogens with one attached hydrogen (secondary N) is 1. The molecule has 27 heavy (non-hydrogen) atoms. The van der Waals surface area contributed by atoms with Crippen molar-refractivity contribution >= 4 is 11.8 Å². The molecule has 0 saturated heterocycles. The number of carbonyl (C=O) groups excluding carboxylic acids is 2. The van der Waals surface area contributed by atoms with Gasteiger partial charge in [-0.15, -0.1) is 0 Å². The summed E-state index contributed by atoms with van der Waals surface area (Å²) in [4.78, 5) is 25.5. The van der Waals surface area contributed by atoms with E-state index in [4.69, 9.17) is 9.47 Å². The van der Waals surface area contributed by atoms with Crippen LogP contribution in [-0.2, 0) is 16.1 Å². The zero-order chi connectivity index (χ0) is 19.5. The fourth-order valence-electron chi connectivity index (χ4n) is 2.23. The van der Waals surface area contributed by atoms with Crippen LogP contribution >= 0.6 is 0 Å². The lowest BCUT2D eigenvalue weighted by Crippen LogP contribution is -2.39. The van der Waals surface area contributed by atoms with E-state index < -0.39 is 0 Å². The quantitative estimate of drug-likeness (QED) is 0.654. The van der Waals surface area contributed by atoms with Crippen LogP contribution in [0.4, 0.5) is 0 Å². The van der Waals surface area contributed by atoms with Crippen molar-refractivity contribution in [3.63, 3.8) is 0 Å². The van der Waals surface area contributed by atoms with Gasteiger partial charge in [0, 0.05) is 13.6 Å². The number of ether oxygens (including phenoxy) is 2. The Morgan fingerprint density at radius 2 is 1.70 bits per heavy atom. The van der Waals surface area contributed by atoms with Gasteiger partial charge in [-0.3, -0.25) is 9.59 Å². The van der Waals surface area contributed by atoms with Crippen molar-refractivity contribution in [2.75, 3.05) is 26.8 Å². The first-order chi connectivity index (χ1) is 13.1. The number of benzene rings is 2. The van der Waals surface area contributed by atoms with Crippen molar-refractivity contribution in [2.45, 2.75) is 6.54 Å². The van der Waals surface area contributed by atoms with Crippen LogP contribution in [0, 0.1) is 0 Å². The van der Waals surface area contributed by atoms with E-state index in [1.807, 2.05) is 42.5 Å². The van der Waals surface area contributed by atoms with Crippen LogP contribution in [0.1, 0.15) is 5.56 Å². The number of hydrogen-bond acceptors (Lipinski definition) is 4. The molecule has 1 N–H and O–H groups in total. The van der Waals surface area contributed by atoms with Crippen molar-refractivity contribution < 1.29 is 19.1 Å². The van der Waals surface area contributed by atoms with Gasteiger partial charge in [-0.1, -0.05) is 43.0 Å². The molecular weight excluding hydrogens is 344 g/mol. The Labute approximate surface area is 159 Å². The van der Waals surface area contributed by atoms with Crippen molar-refractivity contribution in [2.24, 2.45) is 0 Å². The normalized spacial score (nSPS) is 9.96. The monoisotopic (exact) mass is 368 g/mol. The standard InChI is InChI=1S/C21H24N2O4/c1-3-13-26-19-11-9-17(10-12-19)15-23(2)21(25)14-22-20(24)16-27-18-7-5-4-6-8-18/h3-12H,1,13-16H2,2H3,(H,22,24). The topological polar surface area (TPSA) is 67.9 Å². The Bertz CT molecular complexity index is 745. The summed E-state index contributed by atoms with van der Waals surface area (Å²) in [7, 11) is 1.69. The van der Waals surface area contributed by atoms with Gasteiger partial charge in [-0.05, 0) is 29.8 Å². The van der Waals surface area contributed by atoms with E-state index in [2.05, 4.69) is 11.9 Å². The molecule has 0 heterocycles. The Morgan fingerprint density at radius 3 is 2.37 bits per heavy atom. The highest BCUT2D eigenvalue weighted by Gasteiger charge is 2.11. The number of para-hydroxylation sites is 1. The molecule has 0 fully saturated rings. The van der Waals surface area contributed by atoms with E-state index >= 15 is 0 Å². The lowest BCUT2D eigenvalue weighted by atomic mass is 10.2. The smallest absolute Gasteiger partial charge is 0.258 e. The zero-order valence-electron chi connectivity index (χ0n) is 15.4. The Morgan fingerprint density at radius 1 is 1.04 bits per heavy atom. The van der Waals surface area contributed by atoms with Crippen molar-refractivity contribution in [3.05, 3.63) is 72.8 Å². The summed E-state index contributed by atoms with van der Waals surface area (Å²) in [5.41, 5.74) is 0.968. The summed E-state index contributed by atoms with van der Waals surface area (Å²) in [6.07, 6.45) is 1.68. The van der Waals surface area contributed by atoms with Crippen LogP contribution < -0.4 is 14.8 Å². The molecule has 0 spiro atoms. The molecular formula is C21H24N2O4. The summed E-state index contributed by atoms with van der Waals surface area (Å²) < 4.78 is 10.8. The highest BCUT2D eigenvalue weighted by Crippen LogP contribution is 2.13. The predicted molar refractivity (Wildman–Crippen MR) is 104 cm³/mol. The molecule has 0 aromatic heterocycles. The van der Waals surface area contributed by atoms with Crippen molar-refractivity contribution in [3.8, 4) is 11.5 Å². The van der Waals surface area contributed by atoms with Crippen LogP contribution in [0.25, 0.3) is 0 Å². The van der Waals surface area contributed by atoms with Crippen LogP contribution in [0.2, 0.25) is 0 Å². The number of hydrogen-bond donors (Lipinski definition) is 1. The van der Waals surface area contributed by atoms with Gasteiger partial charge in [0.2, 0.25) is 5.91 Å². The Hall–Kier alpha value is -3.28. The van der Waals surface area contributed by atoms with Gasteiger partial charge < -0.3 is 19.7 Å². The second kappa shape index (κ2) is 10.7. The molecule has 6 heteroatoms. The molecule has 2 aromatic rings. The van der Waals surface area contributed by atoms with E-state index in [-0.39, 0.29) is 25.0 Å². The lowest BCUT2D eigenvalue weighted by Gasteiger charge is -2.18. The molecule has 0 radical (unpaired) electrons. The maximum Gasteiger partial charge on any atom is 0.258 e. The summed E-state index contributed by atoms with van der Waals surface area (Å²) in [5, 5.41) is 2.57. The summed E-state index contributed by atoms with van der Waals surface area (Å²) in [6, 6.07) is 16.5. The largest absolute Gasteiger partial charge is 0.490 e. The minimum Gasteiger partial charge on any atom is -0.490 e. The second-order valence-electron chi connectivity index (χ2n) is 5.87. The highest BCUT2D eigenvalue weighted by molar-refractivity contribution is 5.85. The average molecular weight is 368 g/mol. The number of carbonyl (C=O) groups is 2. The third-order valence-corrected chi connectivity index (χ3v) is 3.69. The molecule has 0 bridgehead atoms. The maximum atomic E-state index is 12.2. The number of amides is 2. The molecule has 0 aliphatic heterocycles. The Balaban J connectivity index is 1.71. The molecule has 0 unspecified atom stereocenters. The first-order valence-corrected chi connectivity index (χ1v) is 8.59.